The van der Waals surface area contributed by atoms with Crippen LogP contribution in [0, 0.1) is 10.1 Å². The number of amides is 1. The Hall–Kier alpha value is -2.15. The molecule has 0 atom stereocenters. The Morgan fingerprint density at radius 3 is 2.60 bits per heavy atom. The third-order valence-electron chi connectivity index (χ3n) is 3.08. The van der Waals surface area contributed by atoms with Gasteiger partial charge in [-0.3, -0.25) is 14.9 Å². The van der Waals surface area contributed by atoms with E-state index in [2.05, 4.69) is 0 Å². The summed E-state index contributed by atoms with van der Waals surface area (Å²) in [6.07, 6.45) is 0. The minimum Gasteiger partial charge on any atom is -0.477 e. The number of aliphatic hydroxyl groups excluding tert-OH is 1. The first-order chi connectivity index (χ1) is 9.29. The highest BCUT2D eigenvalue weighted by atomic mass is 16.6. The maximum atomic E-state index is 11.9. The highest BCUT2D eigenvalue weighted by Crippen LogP contribution is 2.25. The summed E-state index contributed by atoms with van der Waals surface area (Å²) in [5.41, 5.74) is -0.910. The van der Waals surface area contributed by atoms with Crippen molar-refractivity contribution in [2.24, 2.45) is 0 Å². The second kappa shape index (κ2) is 6.33. The largest absolute Gasteiger partial charge is 0.477 e. The smallest absolute Gasteiger partial charge is 0.310 e. The van der Waals surface area contributed by atoms with Crippen molar-refractivity contribution in [2.45, 2.75) is 19.4 Å². The van der Waals surface area contributed by atoms with Crippen molar-refractivity contribution in [3.63, 3.8) is 0 Å². The molecule has 0 aliphatic heterocycles. The number of para-hydroxylation sites is 2. The Morgan fingerprint density at radius 1 is 1.45 bits per heavy atom. The lowest BCUT2D eigenvalue weighted by molar-refractivity contribution is -0.385. The molecule has 1 N–H and O–H groups in total. The van der Waals surface area contributed by atoms with E-state index >= 15 is 0 Å². The third kappa shape index (κ3) is 3.67. The van der Waals surface area contributed by atoms with E-state index in [-0.39, 0.29) is 30.6 Å². The summed E-state index contributed by atoms with van der Waals surface area (Å²) in [4.78, 5) is 23.5. The van der Waals surface area contributed by atoms with Gasteiger partial charge in [0, 0.05) is 13.1 Å². The molecule has 0 unspecified atom stereocenters. The van der Waals surface area contributed by atoms with Crippen LogP contribution in [0.4, 0.5) is 5.69 Å². The number of hydrogen-bond acceptors (Lipinski definition) is 5. The Bertz CT molecular complexity index is 501. The van der Waals surface area contributed by atoms with Gasteiger partial charge in [-0.1, -0.05) is 12.1 Å². The molecule has 7 heteroatoms. The second-order valence-electron chi connectivity index (χ2n) is 4.94. The Morgan fingerprint density at radius 2 is 2.05 bits per heavy atom. The number of carbonyl (C=O) groups is 1. The standard InChI is InChI=1S/C13H18N2O5/c1-13(2,9-16)14(3)12(17)8-20-11-7-5-4-6-10(11)15(18)19/h4-7,16H,8-9H2,1-3H3. The van der Waals surface area contributed by atoms with Gasteiger partial charge in [0.25, 0.3) is 5.91 Å². The molecular weight excluding hydrogens is 264 g/mol. The number of benzene rings is 1. The van der Waals surface area contributed by atoms with Crippen molar-refractivity contribution < 1.29 is 19.6 Å². The summed E-state index contributed by atoms with van der Waals surface area (Å²) in [7, 11) is 1.54. The lowest BCUT2D eigenvalue weighted by atomic mass is 10.1. The summed E-state index contributed by atoms with van der Waals surface area (Å²) >= 11 is 0. The van der Waals surface area contributed by atoms with Crippen LogP contribution in [0.2, 0.25) is 0 Å². The molecule has 0 spiro atoms. The molecular formula is C13H18N2O5. The van der Waals surface area contributed by atoms with E-state index in [0.29, 0.717) is 0 Å². The first-order valence-electron chi connectivity index (χ1n) is 6.03. The number of aliphatic hydroxyl groups is 1. The van der Waals surface area contributed by atoms with Gasteiger partial charge in [-0.25, -0.2) is 0 Å². The van der Waals surface area contributed by atoms with Crippen LogP contribution in [-0.4, -0.2) is 46.6 Å². The molecule has 1 amide bonds. The molecule has 0 fully saturated rings. The number of likely N-dealkylation sites (N-methyl/N-ethyl adjacent to an activating group) is 1. The van der Waals surface area contributed by atoms with Crippen LogP contribution in [0.3, 0.4) is 0 Å². The van der Waals surface area contributed by atoms with E-state index in [1.54, 1.807) is 27.0 Å². The van der Waals surface area contributed by atoms with Crippen LogP contribution in [0.15, 0.2) is 24.3 Å². The highest BCUT2D eigenvalue weighted by molar-refractivity contribution is 5.78. The Balaban J connectivity index is 2.73. The molecule has 0 aromatic heterocycles. The van der Waals surface area contributed by atoms with Gasteiger partial charge in [-0.15, -0.1) is 0 Å². The van der Waals surface area contributed by atoms with Crippen LogP contribution in [-0.2, 0) is 4.79 Å². The van der Waals surface area contributed by atoms with Gasteiger partial charge in [0.05, 0.1) is 17.1 Å². The monoisotopic (exact) mass is 282 g/mol. The van der Waals surface area contributed by atoms with Gasteiger partial charge in [-0.05, 0) is 19.9 Å². The average Bonchev–Trinajstić information content (AvgIpc) is 2.43. The van der Waals surface area contributed by atoms with Crippen molar-refractivity contribution >= 4 is 11.6 Å². The number of ether oxygens (including phenoxy) is 1. The molecule has 0 saturated carbocycles. The van der Waals surface area contributed by atoms with Crippen LogP contribution in [0.1, 0.15) is 13.8 Å². The minimum atomic E-state index is -0.719. The summed E-state index contributed by atoms with van der Waals surface area (Å²) in [5.74, 6) is -0.330. The predicted octanol–water partition coefficient (Wildman–Crippen LogP) is 1.20. The van der Waals surface area contributed by atoms with E-state index in [4.69, 9.17) is 4.74 Å². The summed E-state index contributed by atoms with van der Waals surface area (Å²) in [6.45, 7) is 2.89. The molecule has 0 saturated heterocycles. The van der Waals surface area contributed by atoms with Gasteiger partial charge >= 0.3 is 5.69 Å². The van der Waals surface area contributed by atoms with Gasteiger partial charge in [-0.2, -0.15) is 0 Å². The number of carbonyl (C=O) groups excluding carboxylic acids is 1. The summed E-state index contributed by atoms with van der Waals surface area (Å²) in [6, 6.07) is 5.85. The fourth-order valence-corrected chi connectivity index (χ4v) is 1.41. The Labute approximate surface area is 116 Å². The summed E-state index contributed by atoms with van der Waals surface area (Å²) in [5, 5.41) is 20.0. The van der Waals surface area contributed by atoms with Gasteiger partial charge in [0.2, 0.25) is 0 Å². The predicted molar refractivity (Wildman–Crippen MR) is 72.5 cm³/mol. The minimum absolute atomic E-state index is 0.0426. The maximum Gasteiger partial charge on any atom is 0.310 e. The molecule has 0 aliphatic rings. The van der Waals surface area contributed by atoms with Crippen LogP contribution in [0.5, 0.6) is 5.75 Å². The van der Waals surface area contributed by atoms with Gasteiger partial charge < -0.3 is 14.7 Å². The number of nitrogens with zero attached hydrogens (tertiary/aromatic N) is 2. The van der Waals surface area contributed by atoms with E-state index < -0.39 is 10.5 Å². The number of hydrogen-bond donors (Lipinski definition) is 1. The fraction of sp³-hybridized carbons (Fsp3) is 0.462. The van der Waals surface area contributed by atoms with Crippen molar-refractivity contribution in [3.05, 3.63) is 34.4 Å². The molecule has 1 rings (SSSR count). The van der Waals surface area contributed by atoms with E-state index in [9.17, 15) is 20.0 Å². The van der Waals surface area contributed by atoms with Crippen molar-refractivity contribution in [3.8, 4) is 5.75 Å². The molecule has 1 aromatic carbocycles. The fourth-order valence-electron chi connectivity index (χ4n) is 1.41. The zero-order valence-electron chi connectivity index (χ0n) is 11.7. The van der Waals surface area contributed by atoms with E-state index in [0.717, 1.165) is 0 Å². The Kier molecular flexibility index (Phi) is 5.04. The zero-order valence-corrected chi connectivity index (χ0v) is 11.7. The van der Waals surface area contributed by atoms with Crippen LogP contribution < -0.4 is 4.74 Å². The van der Waals surface area contributed by atoms with Crippen LogP contribution >= 0.6 is 0 Å². The van der Waals surface area contributed by atoms with E-state index in [1.807, 2.05) is 0 Å². The normalized spacial score (nSPS) is 11.0. The van der Waals surface area contributed by atoms with Gasteiger partial charge in [0.1, 0.15) is 0 Å². The second-order valence-corrected chi connectivity index (χ2v) is 4.94. The maximum absolute atomic E-state index is 11.9. The van der Waals surface area contributed by atoms with Crippen molar-refractivity contribution in [2.75, 3.05) is 20.3 Å². The highest BCUT2D eigenvalue weighted by Gasteiger charge is 2.27. The quantitative estimate of drug-likeness (QED) is 0.625. The van der Waals surface area contributed by atoms with Gasteiger partial charge in [0.15, 0.2) is 12.4 Å². The molecule has 20 heavy (non-hydrogen) atoms. The lowest BCUT2D eigenvalue weighted by Gasteiger charge is -2.33. The van der Waals surface area contributed by atoms with Crippen molar-refractivity contribution in [1.82, 2.24) is 4.90 Å². The third-order valence-corrected chi connectivity index (χ3v) is 3.08. The number of nitro groups is 1. The van der Waals surface area contributed by atoms with Crippen LogP contribution in [0.25, 0.3) is 0 Å². The topological polar surface area (TPSA) is 92.9 Å². The van der Waals surface area contributed by atoms with Crippen molar-refractivity contribution in [1.29, 1.82) is 0 Å². The van der Waals surface area contributed by atoms with E-state index in [1.165, 1.54) is 23.1 Å². The number of nitro benzene ring substituents is 1. The summed E-state index contributed by atoms with van der Waals surface area (Å²) < 4.78 is 5.21. The number of rotatable bonds is 6. The average molecular weight is 282 g/mol. The molecule has 110 valence electrons. The molecule has 0 radical (unpaired) electrons. The lowest BCUT2D eigenvalue weighted by Crippen LogP contribution is -2.49. The SMILES string of the molecule is CN(C(=O)COc1ccccc1[N+](=O)[O-])C(C)(C)CO. The first-order valence-corrected chi connectivity index (χ1v) is 6.03. The zero-order chi connectivity index (χ0) is 15.3. The first kappa shape index (κ1) is 15.9. The molecule has 7 nitrogen and oxygen atoms in total. The molecule has 1 aromatic rings. The molecule has 0 bridgehead atoms. The molecule has 0 aliphatic carbocycles. The molecule has 0 heterocycles.